The van der Waals surface area contributed by atoms with E-state index < -0.39 is 30.0 Å². The fourth-order valence-electron chi connectivity index (χ4n) is 7.18. The molecule has 4 aromatic rings. The zero-order valence-electron chi connectivity index (χ0n) is 33.6. The number of hydrogen-bond donors (Lipinski definition) is 1. The second-order valence-corrected chi connectivity index (χ2v) is 17.3. The van der Waals surface area contributed by atoms with E-state index in [1.165, 1.54) is 62.1 Å². The molecular formula is C42H49Cl2F3N6O7. The molecule has 4 aliphatic carbocycles. The van der Waals surface area contributed by atoms with Gasteiger partial charge < -0.3 is 19.3 Å². The minimum Gasteiger partial charge on any atom is -0.478 e. The van der Waals surface area contributed by atoms with Crippen LogP contribution >= 0.6 is 23.2 Å². The highest BCUT2D eigenvalue weighted by molar-refractivity contribution is 6.32. The quantitative estimate of drug-likeness (QED) is 0.0649. The van der Waals surface area contributed by atoms with Crippen molar-refractivity contribution in [2.24, 2.45) is 35.5 Å². The molecule has 0 radical (unpaired) electrons. The Balaban J connectivity index is 0.000000179. The van der Waals surface area contributed by atoms with Crippen molar-refractivity contribution >= 4 is 41.4 Å². The number of halogens is 5. The molecule has 4 heterocycles. The third-order valence-corrected chi connectivity index (χ3v) is 11.1. The summed E-state index contributed by atoms with van der Waals surface area (Å²) in [4.78, 5) is 40.3. The van der Waals surface area contributed by atoms with Gasteiger partial charge in [-0.05, 0) is 145 Å². The summed E-state index contributed by atoms with van der Waals surface area (Å²) >= 11 is 12.1. The Kier molecular flexibility index (Phi) is 14.5. The van der Waals surface area contributed by atoms with Crippen molar-refractivity contribution in [1.29, 1.82) is 0 Å². The molecular weight excluding hydrogens is 828 g/mol. The van der Waals surface area contributed by atoms with Crippen LogP contribution < -0.4 is 9.47 Å². The highest BCUT2D eigenvalue weighted by Gasteiger charge is 2.42. The average Bonchev–Trinajstić information content (AvgIpc) is 3.96. The maximum atomic E-state index is 12.2. The zero-order chi connectivity index (χ0) is 43.2. The minimum atomic E-state index is -4.64. The molecule has 4 aliphatic rings. The van der Waals surface area contributed by atoms with Gasteiger partial charge in [-0.15, -0.1) is 10.2 Å². The Morgan fingerprint density at radius 3 is 1.43 bits per heavy atom. The van der Waals surface area contributed by atoms with Gasteiger partial charge in [-0.3, -0.25) is 4.79 Å². The molecule has 13 nitrogen and oxygen atoms in total. The monoisotopic (exact) mass is 876 g/mol. The van der Waals surface area contributed by atoms with Crippen molar-refractivity contribution in [3.05, 3.63) is 70.2 Å². The predicted molar refractivity (Wildman–Crippen MR) is 215 cm³/mol. The van der Waals surface area contributed by atoms with Crippen LogP contribution in [0.1, 0.15) is 106 Å². The first kappa shape index (κ1) is 44.8. The van der Waals surface area contributed by atoms with E-state index in [0.717, 1.165) is 48.3 Å². The predicted octanol–water partition coefficient (Wildman–Crippen LogP) is 9.65. The van der Waals surface area contributed by atoms with E-state index in [4.69, 9.17) is 47.3 Å². The summed E-state index contributed by atoms with van der Waals surface area (Å²) in [7, 11) is 0. The Bertz CT molecular complexity index is 2080. The number of esters is 1. The maximum absolute atomic E-state index is 12.2. The third kappa shape index (κ3) is 13.7. The second kappa shape index (κ2) is 19.3. The van der Waals surface area contributed by atoms with Gasteiger partial charge in [0.15, 0.2) is 11.6 Å². The highest BCUT2D eigenvalue weighted by atomic mass is 35.5. The van der Waals surface area contributed by atoms with Gasteiger partial charge in [-0.1, -0.05) is 23.2 Å². The van der Waals surface area contributed by atoms with Crippen molar-refractivity contribution < 1.29 is 46.9 Å². The van der Waals surface area contributed by atoms with E-state index in [2.05, 4.69) is 20.2 Å². The lowest BCUT2D eigenvalue weighted by atomic mass is 9.95. The van der Waals surface area contributed by atoms with Crippen molar-refractivity contribution in [2.75, 3.05) is 13.2 Å². The van der Waals surface area contributed by atoms with Crippen LogP contribution in [-0.2, 0) is 9.53 Å². The molecule has 0 atom stereocenters. The van der Waals surface area contributed by atoms with E-state index in [9.17, 15) is 22.8 Å². The van der Waals surface area contributed by atoms with Gasteiger partial charge in [0, 0.05) is 24.5 Å². The number of carboxylic acids is 1. The molecule has 60 heavy (non-hydrogen) atoms. The van der Waals surface area contributed by atoms with Crippen molar-refractivity contribution in [1.82, 2.24) is 29.5 Å². The Labute approximate surface area is 355 Å². The molecule has 1 N–H and O–H groups in total. The Hall–Kier alpha value is -4.70. The molecule has 0 aliphatic heterocycles. The van der Waals surface area contributed by atoms with E-state index in [0.29, 0.717) is 36.6 Å². The number of aromatic carboxylic acids is 1. The lowest BCUT2D eigenvalue weighted by Gasteiger charge is -2.19. The second-order valence-electron chi connectivity index (χ2n) is 16.6. The van der Waals surface area contributed by atoms with Gasteiger partial charge >= 0.3 is 18.1 Å². The first-order valence-corrected chi connectivity index (χ1v) is 20.9. The summed E-state index contributed by atoms with van der Waals surface area (Å²) in [5.74, 6) is 5.86. The Morgan fingerprint density at radius 1 is 0.733 bits per heavy atom. The average molecular weight is 878 g/mol. The van der Waals surface area contributed by atoms with Gasteiger partial charge in [0.2, 0.25) is 18.0 Å². The zero-order valence-corrected chi connectivity index (χ0v) is 35.1. The molecule has 0 aromatic carbocycles. The van der Waals surface area contributed by atoms with Crippen LogP contribution in [0.3, 0.4) is 0 Å². The van der Waals surface area contributed by atoms with Crippen LogP contribution in [0, 0.1) is 35.5 Å². The smallest absolute Gasteiger partial charge is 0.446 e. The van der Waals surface area contributed by atoms with Gasteiger partial charge in [-0.2, -0.15) is 13.2 Å². The molecule has 4 saturated carbocycles. The highest BCUT2D eigenvalue weighted by Crippen LogP contribution is 2.51. The molecule has 0 saturated heterocycles. The molecule has 0 spiro atoms. The number of alkyl halides is 3. The molecule has 324 valence electrons. The lowest BCUT2D eigenvalue weighted by Crippen LogP contribution is -2.24. The normalized spacial score (nSPS) is 16.4. The van der Waals surface area contributed by atoms with Crippen LogP contribution in [0.4, 0.5) is 13.2 Å². The van der Waals surface area contributed by atoms with Crippen LogP contribution in [0.25, 0.3) is 11.6 Å². The van der Waals surface area contributed by atoms with E-state index in [1.807, 2.05) is 26.8 Å². The maximum Gasteiger partial charge on any atom is 0.446 e. The van der Waals surface area contributed by atoms with Crippen molar-refractivity contribution in [2.45, 2.75) is 96.8 Å². The fraction of sp³-hybridized carbons (Fsp3) is 0.548. The minimum absolute atomic E-state index is 0.0276. The third-order valence-electron chi connectivity index (χ3n) is 10.6. The standard InChI is InChI=1S/C22H28ClN3O3.C18H20ClN3O3.C2HF3O/c1-22(2,3)29-21(27)17-8-9-18(24-20(17)23)26-12-10-19(25-26)28-13-11-16(14-4-5-14)15-6-7-15;19-17-14(18(23)24)5-6-15(20-17)22-9-7-16(21-22)25-10-8-13(11-1-2-11)12-3-4-12;3-2(4,5)1-6/h8-10,12,14-16H,4-7,11,13H2,1-3H3;5-7,9,11-13H,1-4,8,10H2,(H,23,24);1H. The lowest BCUT2D eigenvalue weighted by molar-refractivity contribution is -0.156. The molecule has 8 rings (SSSR count). The summed E-state index contributed by atoms with van der Waals surface area (Å²) in [5.41, 5.74) is -0.383. The summed E-state index contributed by atoms with van der Waals surface area (Å²) in [6.07, 6.45) is 11.1. The largest absolute Gasteiger partial charge is 0.478 e. The van der Waals surface area contributed by atoms with E-state index in [-0.39, 0.29) is 21.4 Å². The summed E-state index contributed by atoms with van der Waals surface area (Å²) in [6.45, 7) is 6.80. The molecule has 0 bridgehead atoms. The molecule has 4 fully saturated rings. The molecule has 0 unspecified atom stereocenters. The topological polar surface area (TPSA) is 161 Å². The van der Waals surface area contributed by atoms with E-state index in [1.54, 1.807) is 41.3 Å². The van der Waals surface area contributed by atoms with Crippen LogP contribution in [0.5, 0.6) is 11.8 Å². The Morgan fingerprint density at radius 2 is 1.12 bits per heavy atom. The summed E-state index contributed by atoms with van der Waals surface area (Å²) in [6, 6.07) is 9.90. The van der Waals surface area contributed by atoms with Crippen LogP contribution in [0.2, 0.25) is 10.3 Å². The number of hydrogen-bond acceptors (Lipinski definition) is 10. The number of aldehydes is 1. The van der Waals surface area contributed by atoms with Gasteiger partial charge in [0.05, 0.1) is 24.3 Å². The number of carbonyl (C=O) groups excluding carboxylic acids is 2. The summed E-state index contributed by atoms with van der Waals surface area (Å²) < 4.78 is 51.4. The number of ether oxygens (including phenoxy) is 3. The number of carbonyl (C=O) groups is 3. The van der Waals surface area contributed by atoms with Crippen LogP contribution in [0.15, 0.2) is 48.8 Å². The fourth-order valence-corrected chi connectivity index (χ4v) is 7.64. The number of rotatable bonds is 16. The first-order chi connectivity index (χ1) is 28.5. The van der Waals surface area contributed by atoms with Crippen molar-refractivity contribution in [3.63, 3.8) is 0 Å². The number of aromatic nitrogens is 6. The molecule has 0 amide bonds. The van der Waals surface area contributed by atoms with Crippen LogP contribution in [-0.4, -0.2) is 77.9 Å². The van der Waals surface area contributed by atoms with Gasteiger partial charge in [-0.25, -0.2) is 28.9 Å². The van der Waals surface area contributed by atoms with Crippen molar-refractivity contribution in [3.8, 4) is 23.4 Å². The SMILES string of the molecule is CC(C)(C)OC(=O)c1ccc(-n2ccc(OCCC(C3CC3)C3CC3)n2)nc1Cl.O=C(O)c1ccc(-n2ccc(OCCC(C3CC3)C3CC3)n2)nc1Cl.O=CC(F)(F)F. The number of pyridine rings is 2. The first-order valence-electron chi connectivity index (χ1n) is 20.2. The number of nitrogens with zero attached hydrogens (tertiary/aromatic N) is 6. The van der Waals surface area contributed by atoms with E-state index >= 15 is 0 Å². The summed E-state index contributed by atoms with van der Waals surface area (Å²) in [5, 5.41) is 17.8. The molecule has 18 heteroatoms. The number of carboxylic acid groups (broad SMARTS) is 1. The molecule has 4 aromatic heterocycles. The van der Waals surface area contributed by atoms with Gasteiger partial charge in [0.25, 0.3) is 0 Å². The van der Waals surface area contributed by atoms with Gasteiger partial charge in [0.1, 0.15) is 15.9 Å².